The van der Waals surface area contributed by atoms with Crippen molar-refractivity contribution in [2.75, 3.05) is 13.1 Å². The maximum absolute atomic E-state index is 4.73. The first kappa shape index (κ1) is 16.5. The zero-order valence-electron chi connectivity index (χ0n) is 12.8. The zero-order valence-corrected chi connectivity index (χ0v) is 15.1. The summed E-state index contributed by atoms with van der Waals surface area (Å²) in [6, 6.07) is 0.383. The Morgan fingerprint density at radius 2 is 2.33 bits per heavy atom. The quantitative estimate of drug-likeness (QED) is 0.454. The van der Waals surface area contributed by atoms with E-state index in [4.69, 9.17) is 4.99 Å². The summed E-state index contributed by atoms with van der Waals surface area (Å²) in [5, 5.41) is 11.1. The monoisotopic (exact) mass is 404 g/mol. The Kier molecular flexibility index (Phi) is 5.45. The minimum atomic E-state index is 0. The van der Waals surface area contributed by atoms with Crippen LogP contribution in [0.3, 0.4) is 0 Å². The summed E-state index contributed by atoms with van der Waals surface area (Å²) >= 11 is 0. The highest BCUT2D eigenvalue weighted by molar-refractivity contribution is 14.0. The van der Waals surface area contributed by atoms with Crippen LogP contribution in [0, 0.1) is 5.41 Å². The highest BCUT2D eigenvalue weighted by Crippen LogP contribution is 2.44. The number of fused-ring (bicyclic) bond motifs is 1. The van der Waals surface area contributed by atoms with Crippen LogP contribution in [-0.4, -0.2) is 39.9 Å². The smallest absolute Gasteiger partial charge is 0.191 e. The van der Waals surface area contributed by atoms with Crippen molar-refractivity contribution >= 4 is 29.9 Å². The second kappa shape index (κ2) is 6.93. The van der Waals surface area contributed by atoms with Gasteiger partial charge in [-0.3, -0.25) is 4.99 Å². The van der Waals surface area contributed by atoms with Crippen LogP contribution in [0.4, 0.5) is 0 Å². The molecular formula is C14H25IN6. The van der Waals surface area contributed by atoms with Gasteiger partial charge in [0, 0.05) is 25.6 Å². The molecule has 7 heteroatoms. The van der Waals surface area contributed by atoms with Gasteiger partial charge in [0.1, 0.15) is 12.2 Å². The van der Waals surface area contributed by atoms with Gasteiger partial charge in [-0.15, -0.1) is 24.0 Å². The van der Waals surface area contributed by atoms with Gasteiger partial charge < -0.3 is 10.6 Å². The number of halogens is 1. The van der Waals surface area contributed by atoms with Crippen molar-refractivity contribution in [2.45, 2.75) is 52.1 Å². The Bertz CT molecular complexity index is 493. The maximum Gasteiger partial charge on any atom is 0.191 e. The third-order valence-corrected chi connectivity index (χ3v) is 4.21. The van der Waals surface area contributed by atoms with Crippen molar-refractivity contribution in [1.29, 1.82) is 0 Å². The van der Waals surface area contributed by atoms with E-state index in [0.29, 0.717) is 11.5 Å². The molecule has 0 aromatic carbocycles. The van der Waals surface area contributed by atoms with Crippen LogP contribution in [0.15, 0.2) is 11.3 Å². The average Bonchev–Trinajstić information content (AvgIpc) is 3.00. The Morgan fingerprint density at radius 1 is 1.52 bits per heavy atom. The number of aliphatic imine (C=N–C) groups is 1. The molecule has 1 saturated carbocycles. The molecule has 0 saturated heterocycles. The minimum Gasteiger partial charge on any atom is -0.357 e. The molecule has 6 nitrogen and oxygen atoms in total. The third kappa shape index (κ3) is 4.31. The summed E-state index contributed by atoms with van der Waals surface area (Å²) in [6.45, 7) is 7.10. The van der Waals surface area contributed by atoms with E-state index in [0.717, 1.165) is 44.3 Å². The van der Waals surface area contributed by atoms with Gasteiger partial charge in [-0.2, -0.15) is 5.10 Å². The van der Waals surface area contributed by atoms with Gasteiger partial charge in [0.05, 0.1) is 6.54 Å². The molecule has 21 heavy (non-hydrogen) atoms. The number of rotatable bonds is 4. The van der Waals surface area contributed by atoms with E-state index in [-0.39, 0.29) is 24.0 Å². The number of aryl methyl sites for hydroxylation is 1. The summed E-state index contributed by atoms with van der Waals surface area (Å²) < 4.78 is 1.99. The van der Waals surface area contributed by atoms with Crippen LogP contribution in [-0.2, 0) is 13.0 Å². The van der Waals surface area contributed by atoms with Crippen molar-refractivity contribution in [3.05, 3.63) is 12.2 Å². The number of hydrogen-bond donors (Lipinski definition) is 2. The van der Waals surface area contributed by atoms with E-state index in [1.54, 1.807) is 6.33 Å². The molecule has 1 fully saturated rings. The van der Waals surface area contributed by atoms with Crippen LogP contribution >= 0.6 is 24.0 Å². The molecule has 1 atom stereocenters. The van der Waals surface area contributed by atoms with Crippen LogP contribution in [0.2, 0.25) is 0 Å². The standard InChI is InChI=1S/C14H24N6.HI/c1-3-15-13(16-9-14(2)6-7-14)19-11-4-5-12-17-10-18-20(12)8-11;/h10-11H,3-9H2,1-2H3,(H2,15,16,19);1H. The fourth-order valence-corrected chi connectivity index (χ4v) is 2.51. The molecule has 0 bridgehead atoms. The molecule has 118 valence electrons. The lowest BCUT2D eigenvalue weighted by Crippen LogP contribution is -2.47. The Labute approximate surface area is 143 Å². The first-order chi connectivity index (χ1) is 9.68. The first-order valence-electron chi connectivity index (χ1n) is 7.60. The number of nitrogens with zero attached hydrogens (tertiary/aromatic N) is 4. The van der Waals surface area contributed by atoms with Gasteiger partial charge in [0.2, 0.25) is 0 Å². The maximum atomic E-state index is 4.73. The lowest BCUT2D eigenvalue weighted by atomic mass is 10.1. The van der Waals surface area contributed by atoms with Gasteiger partial charge >= 0.3 is 0 Å². The van der Waals surface area contributed by atoms with Gasteiger partial charge in [-0.1, -0.05) is 6.92 Å². The van der Waals surface area contributed by atoms with E-state index >= 15 is 0 Å². The van der Waals surface area contributed by atoms with Gasteiger partial charge in [0.25, 0.3) is 0 Å². The fourth-order valence-electron chi connectivity index (χ4n) is 2.51. The van der Waals surface area contributed by atoms with Crippen LogP contribution in [0.1, 0.15) is 38.9 Å². The molecule has 1 aromatic rings. The van der Waals surface area contributed by atoms with Crippen molar-refractivity contribution in [2.24, 2.45) is 10.4 Å². The second-order valence-corrected chi connectivity index (χ2v) is 6.24. The largest absolute Gasteiger partial charge is 0.357 e. The van der Waals surface area contributed by atoms with Crippen molar-refractivity contribution in [3.63, 3.8) is 0 Å². The molecule has 1 aromatic heterocycles. The summed E-state index contributed by atoms with van der Waals surface area (Å²) in [5.74, 6) is 2.03. The molecule has 0 radical (unpaired) electrons. The van der Waals surface area contributed by atoms with E-state index in [1.165, 1.54) is 12.8 Å². The molecule has 2 heterocycles. The summed E-state index contributed by atoms with van der Waals surface area (Å²) in [7, 11) is 0. The Balaban J connectivity index is 0.00000161. The highest BCUT2D eigenvalue weighted by atomic mass is 127. The highest BCUT2D eigenvalue weighted by Gasteiger charge is 2.37. The van der Waals surface area contributed by atoms with Crippen LogP contribution in [0.5, 0.6) is 0 Å². The van der Waals surface area contributed by atoms with Crippen molar-refractivity contribution < 1.29 is 0 Å². The van der Waals surface area contributed by atoms with Crippen molar-refractivity contribution in [1.82, 2.24) is 25.4 Å². The normalized spacial score (nSPS) is 23.0. The molecule has 2 N–H and O–H groups in total. The minimum absolute atomic E-state index is 0. The van der Waals surface area contributed by atoms with Gasteiger partial charge in [-0.25, -0.2) is 9.67 Å². The number of hydrogen-bond acceptors (Lipinski definition) is 3. The molecule has 1 aliphatic heterocycles. The number of nitrogens with one attached hydrogen (secondary N) is 2. The fraction of sp³-hybridized carbons (Fsp3) is 0.786. The third-order valence-electron chi connectivity index (χ3n) is 4.21. The SMILES string of the molecule is CCNC(=NCC1(C)CC1)NC1CCc2ncnn2C1.I. The predicted octanol–water partition coefficient (Wildman–Crippen LogP) is 1.57. The number of aromatic nitrogens is 3. The van der Waals surface area contributed by atoms with E-state index < -0.39 is 0 Å². The zero-order chi connectivity index (χ0) is 14.0. The second-order valence-electron chi connectivity index (χ2n) is 6.24. The van der Waals surface area contributed by atoms with E-state index in [9.17, 15) is 0 Å². The van der Waals surface area contributed by atoms with Crippen LogP contribution < -0.4 is 10.6 Å². The summed E-state index contributed by atoms with van der Waals surface area (Å²) in [6.07, 6.45) is 6.32. The summed E-state index contributed by atoms with van der Waals surface area (Å²) in [5.41, 5.74) is 0.452. The predicted molar refractivity (Wildman–Crippen MR) is 94.0 cm³/mol. The first-order valence-corrected chi connectivity index (χ1v) is 7.60. The van der Waals surface area contributed by atoms with E-state index in [1.807, 2.05) is 4.68 Å². The average molecular weight is 404 g/mol. The lowest BCUT2D eigenvalue weighted by Gasteiger charge is -2.25. The van der Waals surface area contributed by atoms with Gasteiger partial charge in [-0.05, 0) is 31.6 Å². The lowest BCUT2D eigenvalue weighted by molar-refractivity contribution is 0.392. The van der Waals surface area contributed by atoms with E-state index in [2.05, 4.69) is 34.6 Å². The molecule has 3 rings (SSSR count). The number of guanidine groups is 1. The molecule has 0 spiro atoms. The summed E-state index contributed by atoms with van der Waals surface area (Å²) in [4.78, 5) is 9.00. The molecule has 0 amide bonds. The molecule has 1 unspecified atom stereocenters. The van der Waals surface area contributed by atoms with Crippen LogP contribution in [0.25, 0.3) is 0 Å². The Morgan fingerprint density at radius 3 is 3.05 bits per heavy atom. The molecular weight excluding hydrogens is 379 g/mol. The topological polar surface area (TPSA) is 67.1 Å². The molecule has 2 aliphatic rings. The molecule has 1 aliphatic carbocycles. The van der Waals surface area contributed by atoms with Gasteiger partial charge in [0.15, 0.2) is 5.96 Å². The van der Waals surface area contributed by atoms with Crippen molar-refractivity contribution in [3.8, 4) is 0 Å². The Hall–Kier alpha value is -0.860.